The van der Waals surface area contributed by atoms with Gasteiger partial charge in [0.25, 0.3) is 0 Å². The van der Waals surface area contributed by atoms with E-state index in [1.807, 2.05) is 6.21 Å². The fourth-order valence-electron chi connectivity index (χ4n) is 6.30. The van der Waals surface area contributed by atoms with Gasteiger partial charge in [-0.2, -0.15) is 0 Å². The number of hydrogen-bond donors (Lipinski definition) is 0. The minimum atomic E-state index is 0.932. The molecule has 0 amide bonds. The Morgan fingerprint density at radius 2 is 1.16 bits per heavy atom. The van der Waals surface area contributed by atoms with Crippen molar-refractivity contribution in [2.24, 2.45) is 9.98 Å². The minimum Gasteiger partial charge on any atom is -0.255 e. The molecule has 0 fully saturated rings. The van der Waals surface area contributed by atoms with E-state index in [4.69, 9.17) is 9.98 Å². The highest BCUT2D eigenvalue weighted by Crippen LogP contribution is 2.38. The molecular weight excluding hydrogens is 544 g/mol. The Kier molecular flexibility index (Phi) is 13.8. The maximum Gasteiger partial charge on any atom is 0.0639 e. The molecule has 0 aliphatic carbocycles. The number of aryl methyl sites for hydroxylation is 3. The van der Waals surface area contributed by atoms with Crippen molar-refractivity contribution in [3.63, 3.8) is 0 Å². The highest BCUT2D eigenvalue weighted by atomic mass is 14.8. The van der Waals surface area contributed by atoms with Gasteiger partial charge in [-0.25, -0.2) is 0 Å². The van der Waals surface area contributed by atoms with Crippen LogP contribution in [0.4, 0.5) is 11.4 Å². The maximum absolute atomic E-state index is 5.12. The lowest BCUT2D eigenvalue weighted by molar-refractivity contribution is 0.660. The normalized spacial score (nSPS) is 11.9. The molecule has 2 nitrogen and oxygen atoms in total. The Labute approximate surface area is 273 Å². The van der Waals surface area contributed by atoms with Crippen LogP contribution < -0.4 is 0 Å². The third-order valence-corrected chi connectivity index (χ3v) is 8.74. The smallest absolute Gasteiger partial charge is 0.0639 e. The summed E-state index contributed by atoms with van der Waals surface area (Å²) in [6.45, 7) is 11.2. The number of benzene rings is 4. The molecule has 0 N–H and O–H groups in total. The van der Waals surface area contributed by atoms with Gasteiger partial charge in [-0.15, -0.1) is 0 Å². The maximum atomic E-state index is 5.12. The lowest BCUT2D eigenvalue weighted by Crippen LogP contribution is -2.02. The number of hydrogen-bond acceptors (Lipinski definition) is 2. The number of nitrogens with zero attached hydrogens (tertiary/aromatic N) is 2. The van der Waals surface area contributed by atoms with E-state index in [1.165, 1.54) is 96.7 Å². The summed E-state index contributed by atoms with van der Waals surface area (Å²) in [4.78, 5) is 10.1. The Morgan fingerprint density at radius 3 is 1.78 bits per heavy atom. The molecule has 0 bridgehead atoms. The molecule has 0 aliphatic rings. The Morgan fingerprint density at radius 1 is 0.578 bits per heavy atom. The van der Waals surface area contributed by atoms with Crippen LogP contribution >= 0.6 is 0 Å². The van der Waals surface area contributed by atoms with Crippen molar-refractivity contribution in [1.82, 2.24) is 0 Å². The van der Waals surface area contributed by atoms with E-state index in [0.29, 0.717) is 0 Å². The Balaban J connectivity index is 1.70. The first kappa shape index (κ1) is 34.1. The zero-order chi connectivity index (χ0) is 31.9. The molecule has 4 aromatic carbocycles. The number of unbranched alkanes of at least 4 members (excludes halogenated alkanes) is 5. The van der Waals surface area contributed by atoms with E-state index < -0.39 is 0 Å². The molecule has 0 aliphatic heterocycles. The summed E-state index contributed by atoms with van der Waals surface area (Å²) in [6, 6.07) is 30.7. The molecule has 4 aromatic rings. The van der Waals surface area contributed by atoms with Gasteiger partial charge in [-0.3, -0.25) is 9.98 Å². The number of rotatable bonds is 17. The summed E-state index contributed by atoms with van der Waals surface area (Å²) < 4.78 is 0. The van der Waals surface area contributed by atoms with Crippen molar-refractivity contribution in [2.75, 3.05) is 0 Å². The fourth-order valence-corrected chi connectivity index (χ4v) is 6.30. The van der Waals surface area contributed by atoms with Gasteiger partial charge in [0.2, 0.25) is 0 Å². The van der Waals surface area contributed by atoms with Crippen LogP contribution in [0, 0.1) is 0 Å². The summed E-state index contributed by atoms with van der Waals surface area (Å²) in [5, 5.41) is 0. The average Bonchev–Trinajstić information content (AvgIpc) is 3.08. The second-order valence-electron chi connectivity index (χ2n) is 12.4. The highest BCUT2D eigenvalue weighted by molar-refractivity contribution is 6.30. The van der Waals surface area contributed by atoms with Crippen LogP contribution in [0.2, 0.25) is 0 Å². The van der Waals surface area contributed by atoms with Crippen molar-refractivity contribution in [2.45, 2.75) is 112 Å². The van der Waals surface area contributed by atoms with Crippen LogP contribution in [-0.4, -0.2) is 11.9 Å². The summed E-state index contributed by atoms with van der Waals surface area (Å²) >= 11 is 0. The van der Waals surface area contributed by atoms with E-state index >= 15 is 0 Å². The average molecular weight is 599 g/mol. The van der Waals surface area contributed by atoms with Crippen molar-refractivity contribution in [3.8, 4) is 22.3 Å². The predicted octanol–water partition coefficient (Wildman–Crippen LogP) is 12.9. The fraction of sp³-hybridized carbons (Fsp3) is 0.395. The SMILES string of the molecule is CCCCCCc1cc(N=C(C)C=Nc2cc(CC)c(-c3ccccc3)c(-c3ccccc3)c2)cc(CCCC)c1CCCC. The van der Waals surface area contributed by atoms with Gasteiger partial charge >= 0.3 is 0 Å². The van der Waals surface area contributed by atoms with Crippen molar-refractivity contribution in [1.29, 1.82) is 0 Å². The molecule has 4 rings (SSSR count). The largest absolute Gasteiger partial charge is 0.255 e. The van der Waals surface area contributed by atoms with Crippen LogP contribution in [0.15, 0.2) is 94.9 Å². The molecule has 45 heavy (non-hydrogen) atoms. The van der Waals surface area contributed by atoms with Crippen molar-refractivity contribution in [3.05, 3.63) is 107 Å². The molecule has 2 heteroatoms. The highest BCUT2D eigenvalue weighted by Gasteiger charge is 2.14. The molecular formula is C43H54N2. The van der Waals surface area contributed by atoms with Gasteiger partial charge in [0.05, 0.1) is 17.1 Å². The van der Waals surface area contributed by atoms with Crippen LogP contribution in [0.5, 0.6) is 0 Å². The summed E-state index contributed by atoms with van der Waals surface area (Å²) in [5.74, 6) is 0. The lowest BCUT2D eigenvalue weighted by atomic mass is 9.89. The first-order valence-corrected chi connectivity index (χ1v) is 17.6. The second kappa shape index (κ2) is 18.3. The zero-order valence-corrected chi connectivity index (χ0v) is 28.5. The monoisotopic (exact) mass is 598 g/mol. The predicted molar refractivity (Wildman–Crippen MR) is 199 cm³/mol. The minimum absolute atomic E-state index is 0.932. The molecule has 0 atom stereocenters. The molecule has 0 heterocycles. The summed E-state index contributed by atoms with van der Waals surface area (Å²) in [5.41, 5.74) is 13.9. The quantitative estimate of drug-likeness (QED) is 0.0853. The first-order chi connectivity index (χ1) is 22.1. The van der Waals surface area contributed by atoms with E-state index in [2.05, 4.69) is 120 Å². The van der Waals surface area contributed by atoms with Crippen molar-refractivity contribution < 1.29 is 0 Å². The van der Waals surface area contributed by atoms with E-state index in [9.17, 15) is 0 Å². The summed E-state index contributed by atoms with van der Waals surface area (Å²) in [6.07, 6.45) is 16.5. The topological polar surface area (TPSA) is 24.7 Å². The van der Waals surface area contributed by atoms with Gasteiger partial charge in [0, 0.05) is 6.21 Å². The van der Waals surface area contributed by atoms with E-state index in [0.717, 1.165) is 36.3 Å². The zero-order valence-electron chi connectivity index (χ0n) is 28.5. The molecule has 0 radical (unpaired) electrons. The Bertz CT molecular complexity index is 1530. The first-order valence-electron chi connectivity index (χ1n) is 17.6. The van der Waals surface area contributed by atoms with Gasteiger partial charge in [-0.1, -0.05) is 120 Å². The van der Waals surface area contributed by atoms with Crippen LogP contribution in [-0.2, 0) is 25.7 Å². The van der Waals surface area contributed by atoms with Crippen LogP contribution in [0.25, 0.3) is 22.3 Å². The van der Waals surface area contributed by atoms with E-state index in [-0.39, 0.29) is 0 Å². The lowest BCUT2D eigenvalue weighted by Gasteiger charge is -2.17. The summed E-state index contributed by atoms with van der Waals surface area (Å²) in [7, 11) is 0. The van der Waals surface area contributed by atoms with Crippen LogP contribution in [0.3, 0.4) is 0 Å². The standard InChI is InChI=1S/C43H54N2/c1-6-10-13-16-26-38-30-40(29-37(21-11-7-2)41(38)27-12-8-3)45-33(5)32-44-39-28-34(9-4)43(36-24-19-15-20-25-36)42(31-39)35-22-17-14-18-23-35/h14-15,17-20,22-25,28-32H,6-13,16,21,26-27H2,1-5H3. The molecule has 0 saturated heterocycles. The molecule has 0 unspecified atom stereocenters. The van der Waals surface area contributed by atoms with Gasteiger partial charge in [0.15, 0.2) is 0 Å². The second-order valence-corrected chi connectivity index (χ2v) is 12.4. The van der Waals surface area contributed by atoms with E-state index in [1.54, 1.807) is 5.56 Å². The molecule has 0 saturated carbocycles. The van der Waals surface area contributed by atoms with Crippen LogP contribution in [0.1, 0.15) is 108 Å². The van der Waals surface area contributed by atoms with Gasteiger partial charge in [-0.05, 0) is 121 Å². The molecule has 0 aromatic heterocycles. The molecule has 236 valence electrons. The Hall–Kier alpha value is -3.78. The van der Waals surface area contributed by atoms with Gasteiger partial charge in [0.1, 0.15) is 0 Å². The third-order valence-electron chi connectivity index (χ3n) is 8.74. The molecule has 0 spiro atoms. The number of aliphatic imine (C=N–C) groups is 2. The third kappa shape index (κ3) is 9.85. The van der Waals surface area contributed by atoms with Crippen molar-refractivity contribution >= 4 is 23.3 Å². The van der Waals surface area contributed by atoms with Gasteiger partial charge < -0.3 is 0 Å².